The van der Waals surface area contributed by atoms with E-state index in [4.69, 9.17) is 14.2 Å². The Kier molecular flexibility index (Phi) is 68.2. The summed E-state index contributed by atoms with van der Waals surface area (Å²) in [5, 5.41) is 0. The predicted molar refractivity (Wildman–Crippen MR) is 362 cm³/mol. The normalized spacial score (nSPS) is 12.6. The Labute approximate surface area is 515 Å². The molecule has 83 heavy (non-hydrogen) atoms. The molecule has 1 atom stereocenters. The number of rotatable bonds is 66. The van der Waals surface area contributed by atoms with Crippen LogP contribution in [0.1, 0.15) is 367 Å². The Morgan fingerprint density at radius 1 is 0.253 bits per heavy atom. The Hall–Kier alpha value is -3.41. The number of allylic oxidation sites excluding steroid dienone is 14. The summed E-state index contributed by atoms with van der Waals surface area (Å²) in [4.78, 5) is 38.5. The average molecular weight is 1160 g/mol. The van der Waals surface area contributed by atoms with Crippen LogP contribution < -0.4 is 0 Å². The van der Waals surface area contributed by atoms with Gasteiger partial charge in [0.15, 0.2) is 6.10 Å². The summed E-state index contributed by atoms with van der Waals surface area (Å²) in [5.41, 5.74) is 0. The molecule has 6 nitrogen and oxygen atoms in total. The lowest BCUT2D eigenvalue weighted by molar-refractivity contribution is -0.167. The number of hydrogen-bond acceptors (Lipinski definition) is 6. The van der Waals surface area contributed by atoms with Crippen LogP contribution in [0, 0.1) is 0 Å². The largest absolute Gasteiger partial charge is 0.462 e. The van der Waals surface area contributed by atoms with E-state index in [2.05, 4.69) is 106 Å². The maximum atomic E-state index is 13.0. The highest BCUT2D eigenvalue weighted by molar-refractivity contribution is 5.71. The molecule has 0 aliphatic rings. The fraction of sp³-hybridized carbons (Fsp3) is 0.779. The molecule has 0 aliphatic carbocycles. The van der Waals surface area contributed by atoms with Gasteiger partial charge in [-0.1, -0.05) is 337 Å². The maximum Gasteiger partial charge on any atom is 0.306 e. The number of esters is 3. The number of hydrogen-bond donors (Lipinski definition) is 0. The van der Waals surface area contributed by atoms with Crippen LogP contribution in [0.2, 0.25) is 0 Å². The Morgan fingerprint density at radius 3 is 0.735 bits per heavy atom. The summed E-state index contributed by atoms with van der Waals surface area (Å²) in [6, 6.07) is 0. The molecule has 1 unspecified atom stereocenters. The van der Waals surface area contributed by atoms with Gasteiger partial charge < -0.3 is 14.2 Å². The zero-order chi connectivity index (χ0) is 59.9. The second-order valence-corrected chi connectivity index (χ2v) is 24.1. The SMILES string of the molecule is CC/C=C\C/C=C\C/C=C\C/C=C\C/C=C\CCCCCCCCCCCC(=O)OCC(COC(=O)CCCCCCCCCCCCCCCCCCCCC)OC(=O)CCCCCCCCCCC/C=C\C/C=C\CCCCCCC. The monoisotopic (exact) mass is 1160 g/mol. The minimum atomic E-state index is -0.783. The van der Waals surface area contributed by atoms with Crippen molar-refractivity contribution in [2.75, 3.05) is 13.2 Å². The number of unbranched alkanes of at least 4 members (excludes halogenated alkanes) is 41. The molecule has 0 amide bonds. The molecule has 0 N–H and O–H groups in total. The van der Waals surface area contributed by atoms with Crippen molar-refractivity contribution < 1.29 is 28.6 Å². The summed E-state index contributed by atoms with van der Waals surface area (Å²) >= 11 is 0. The van der Waals surface area contributed by atoms with Crippen molar-refractivity contribution in [2.24, 2.45) is 0 Å². The van der Waals surface area contributed by atoms with Crippen molar-refractivity contribution in [3.63, 3.8) is 0 Å². The van der Waals surface area contributed by atoms with Gasteiger partial charge in [-0.25, -0.2) is 0 Å². The van der Waals surface area contributed by atoms with E-state index in [9.17, 15) is 14.4 Å². The molecular weight excluding hydrogens is 1020 g/mol. The van der Waals surface area contributed by atoms with Crippen molar-refractivity contribution in [1.82, 2.24) is 0 Å². The lowest BCUT2D eigenvalue weighted by Gasteiger charge is -2.18. The minimum Gasteiger partial charge on any atom is -0.462 e. The maximum absolute atomic E-state index is 13.0. The Bertz CT molecular complexity index is 1570. The molecule has 0 aromatic rings. The van der Waals surface area contributed by atoms with Crippen LogP contribution in [0.15, 0.2) is 85.1 Å². The smallest absolute Gasteiger partial charge is 0.306 e. The van der Waals surface area contributed by atoms with Gasteiger partial charge in [-0.05, 0) is 96.3 Å². The van der Waals surface area contributed by atoms with E-state index in [0.29, 0.717) is 19.3 Å². The molecule has 0 rings (SSSR count). The summed E-state index contributed by atoms with van der Waals surface area (Å²) in [6.07, 6.45) is 94.6. The third-order valence-corrected chi connectivity index (χ3v) is 15.9. The quantitative estimate of drug-likeness (QED) is 0.0261. The number of carbonyl (C=O) groups is 3. The highest BCUT2D eigenvalue weighted by Crippen LogP contribution is 2.18. The molecule has 480 valence electrons. The first-order chi connectivity index (χ1) is 41.0. The summed E-state index contributed by atoms with van der Waals surface area (Å²) in [5.74, 6) is -0.864. The van der Waals surface area contributed by atoms with Gasteiger partial charge in [0, 0.05) is 19.3 Å². The topological polar surface area (TPSA) is 78.9 Å². The predicted octanol–water partition coefficient (Wildman–Crippen LogP) is 25.0. The lowest BCUT2D eigenvalue weighted by Crippen LogP contribution is -2.30. The van der Waals surface area contributed by atoms with Crippen LogP contribution in [0.25, 0.3) is 0 Å². The second kappa shape index (κ2) is 71.1. The van der Waals surface area contributed by atoms with Gasteiger partial charge in [0.05, 0.1) is 0 Å². The van der Waals surface area contributed by atoms with E-state index < -0.39 is 6.10 Å². The number of ether oxygens (including phenoxy) is 3. The minimum absolute atomic E-state index is 0.0761. The van der Waals surface area contributed by atoms with Crippen molar-refractivity contribution in [3.05, 3.63) is 85.1 Å². The molecular formula is C77H136O6. The fourth-order valence-corrected chi connectivity index (χ4v) is 10.5. The van der Waals surface area contributed by atoms with Crippen LogP contribution in [0.3, 0.4) is 0 Å². The van der Waals surface area contributed by atoms with Crippen LogP contribution in [-0.2, 0) is 28.6 Å². The highest BCUT2D eigenvalue weighted by atomic mass is 16.6. The molecule has 0 heterocycles. The van der Waals surface area contributed by atoms with Crippen molar-refractivity contribution in [2.45, 2.75) is 374 Å². The summed E-state index contributed by atoms with van der Waals surface area (Å²) in [6.45, 7) is 6.57. The van der Waals surface area contributed by atoms with Crippen LogP contribution in [0.5, 0.6) is 0 Å². The van der Waals surface area contributed by atoms with E-state index in [1.807, 2.05) is 0 Å². The van der Waals surface area contributed by atoms with Gasteiger partial charge in [-0.15, -0.1) is 0 Å². The zero-order valence-corrected chi connectivity index (χ0v) is 55.2. The molecule has 0 radical (unpaired) electrons. The third kappa shape index (κ3) is 69.3. The first-order valence-corrected chi connectivity index (χ1v) is 36.1. The highest BCUT2D eigenvalue weighted by Gasteiger charge is 2.19. The van der Waals surface area contributed by atoms with Crippen molar-refractivity contribution in [3.8, 4) is 0 Å². The van der Waals surface area contributed by atoms with Crippen molar-refractivity contribution >= 4 is 17.9 Å². The third-order valence-electron chi connectivity index (χ3n) is 15.9. The van der Waals surface area contributed by atoms with Gasteiger partial charge in [-0.3, -0.25) is 14.4 Å². The van der Waals surface area contributed by atoms with E-state index in [0.717, 1.165) is 103 Å². The van der Waals surface area contributed by atoms with Crippen LogP contribution in [0.4, 0.5) is 0 Å². The Morgan fingerprint density at radius 2 is 0.470 bits per heavy atom. The zero-order valence-electron chi connectivity index (χ0n) is 55.2. The van der Waals surface area contributed by atoms with Gasteiger partial charge in [-0.2, -0.15) is 0 Å². The molecule has 0 aromatic heterocycles. The van der Waals surface area contributed by atoms with Gasteiger partial charge in [0.2, 0.25) is 0 Å². The first-order valence-electron chi connectivity index (χ1n) is 36.1. The number of carbonyl (C=O) groups excluding carboxylic acids is 3. The van der Waals surface area contributed by atoms with Crippen LogP contribution in [-0.4, -0.2) is 37.2 Å². The van der Waals surface area contributed by atoms with Gasteiger partial charge >= 0.3 is 17.9 Å². The summed E-state index contributed by atoms with van der Waals surface area (Å²) in [7, 11) is 0. The molecule has 0 saturated carbocycles. The van der Waals surface area contributed by atoms with E-state index in [-0.39, 0.29) is 31.1 Å². The molecule has 6 heteroatoms. The van der Waals surface area contributed by atoms with E-state index in [1.165, 1.54) is 225 Å². The molecule has 0 bridgehead atoms. The molecule has 0 aromatic carbocycles. The van der Waals surface area contributed by atoms with Gasteiger partial charge in [0.1, 0.15) is 13.2 Å². The van der Waals surface area contributed by atoms with Crippen LogP contribution >= 0.6 is 0 Å². The van der Waals surface area contributed by atoms with Gasteiger partial charge in [0.25, 0.3) is 0 Å². The van der Waals surface area contributed by atoms with E-state index in [1.54, 1.807) is 0 Å². The van der Waals surface area contributed by atoms with Crippen molar-refractivity contribution in [1.29, 1.82) is 0 Å². The lowest BCUT2D eigenvalue weighted by atomic mass is 10.0. The molecule has 0 saturated heterocycles. The molecule has 0 fully saturated rings. The second-order valence-electron chi connectivity index (χ2n) is 24.1. The summed E-state index contributed by atoms with van der Waals surface area (Å²) < 4.78 is 17.0. The standard InChI is InChI=1S/C77H136O6/c1-4-7-10-13-16-19-22-25-28-31-34-36-37-38-39-41-43-46-49-52-55-58-61-64-67-70-76(79)82-73-74(72-81-75(78)69-66-63-60-57-54-51-48-45-42-33-30-27-24-21-18-15-12-9-6-3)83-77(80)71-68-65-62-59-56-53-50-47-44-40-35-32-29-26-23-20-17-14-11-8-5-2/h7,10,16,19,23,25-26,28,32,34-36,38-39,74H,4-6,8-9,11-15,17-18,20-22,24,27,29-31,33,37,40-73H2,1-3H3/b10-7-,19-16-,26-23-,28-25-,35-32-,36-34-,39-38-. The Balaban J connectivity index is 4.37. The fourth-order valence-electron chi connectivity index (χ4n) is 10.5. The van der Waals surface area contributed by atoms with E-state index >= 15 is 0 Å². The average Bonchev–Trinajstić information content (AvgIpc) is 3.50. The molecule has 0 spiro atoms. The first kappa shape index (κ1) is 79.6. The molecule has 0 aliphatic heterocycles.